The van der Waals surface area contributed by atoms with E-state index in [4.69, 9.17) is 6.58 Å². The minimum absolute atomic E-state index is 0.809. The molecule has 1 aliphatic rings. The Morgan fingerprint density at radius 2 is 2.20 bits per heavy atom. The molecule has 0 aliphatic carbocycles. The van der Waals surface area contributed by atoms with Crippen molar-refractivity contribution in [2.24, 2.45) is 0 Å². The topological polar surface area (TPSA) is 3.24 Å². The number of para-hydroxylation sites is 1. The zero-order valence-electron chi connectivity index (χ0n) is 8.39. The van der Waals surface area contributed by atoms with Crippen molar-refractivity contribution in [2.75, 3.05) is 11.4 Å². The molecule has 1 aromatic carbocycles. The number of nitrogens with zero attached hydrogens (tertiary/aromatic N) is 1. The Labute approximate surface area is 94.8 Å². The molecule has 0 saturated heterocycles. The minimum Gasteiger partial charge on any atom is -0.331 e. The Morgan fingerprint density at radius 3 is 2.93 bits per heavy atom. The summed E-state index contributed by atoms with van der Waals surface area (Å²) < 4.78 is 0. The second kappa shape index (κ2) is 4.41. The highest BCUT2D eigenvalue weighted by atomic mass is 32.2. The van der Waals surface area contributed by atoms with E-state index in [1.54, 1.807) is 17.8 Å². The summed E-state index contributed by atoms with van der Waals surface area (Å²) in [7, 11) is 0. The van der Waals surface area contributed by atoms with Gasteiger partial charge in [0.15, 0.2) is 0 Å². The van der Waals surface area contributed by atoms with E-state index in [9.17, 15) is 0 Å². The molecule has 1 aromatic rings. The molecule has 0 spiro atoms. The zero-order chi connectivity index (χ0) is 10.7. The first-order valence-electron chi connectivity index (χ1n) is 4.77. The third-order valence-electron chi connectivity index (χ3n) is 2.19. The predicted octanol–water partition coefficient (Wildman–Crippen LogP) is 3.62. The first-order valence-corrected chi connectivity index (χ1v) is 5.59. The van der Waals surface area contributed by atoms with E-state index >= 15 is 0 Å². The molecule has 0 amide bonds. The fourth-order valence-electron chi connectivity index (χ4n) is 1.58. The highest BCUT2D eigenvalue weighted by Gasteiger charge is 2.22. The summed E-state index contributed by atoms with van der Waals surface area (Å²) in [6, 6.07) is 8.33. The Morgan fingerprint density at radius 1 is 1.40 bits per heavy atom. The van der Waals surface area contributed by atoms with E-state index in [1.165, 1.54) is 10.6 Å². The van der Waals surface area contributed by atoms with E-state index in [1.807, 2.05) is 24.3 Å². The quantitative estimate of drug-likeness (QED) is 0.707. The SMILES string of the molecule is [CH]=C/C=C1/Sc2ccccc2N1CC=C. The van der Waals surface area contributed by atoms with Gasteiger partial charge in [-0.2, -0.15) is 0 Å². The zero-order valence-corrected chi connectivity index (χ0v) is 9.20. The molecule has 75 valence electrons. The molecular formula is C13H12NS. The molecule has 0 saturated carbocycles. The van der Waals surface area contributed by atoms with Crippen LogP contribution >= 0.6 is 11.8 Å². The highest BCUT2D eigenvalue weighted by molar-refractivity contribution is 8.03. The van der Waals surface area contributed by atoms with Gasteiger partial charge in [0.05, 0.1) is 10.7 Å². The summed E-state index contributed by atoms with van der Waals surface area (Å²) >= 11 is 1.74. The molecule has 0 unspecified atom stereocenters. The summed E-state index contributed by atoms with van der Waals surface area (Å²) in [6.07, 6.45) is 5.39. The molecule has 1 nitrogen and oxygen atoms in total. The Balaban J connectivity index is 2.41. The second-order valence-corrected chi connectivity index (χ2v) is 4.23. The maximum absolute atomic E-state index is 5.43. The summed E-state index contributed by atoms with van der Waals surface area (Å²) in [5, 5.41) is 1.15. The van der Waals surface area contributed by atoms with E-state index in [2.05, 4.69) is 23.6 Å². The lowest BCUT2D eigenvalue weighted by Gasteiger charge is -2.17. The molecule has 1 heterocycles. The lowest BCUT2D eigenvalue weighted by molar-refractivity contribution is 1.07. The van der Waals surface area contributed by atoms with E-state index < -0.39 is 0 Å². The number of hydrogen-bond acceptors (Lipinski definition) is 2. The molecule has 2 heteroatoms. The van der Waals surface area contributed by atoms with Crippen molar-refractivity contribution in [3.8, 4) is 0 Å². The maximum atomic E-state index is 5.43. The number of fused-ring (bicyclic) bond motifs is 1. The van der Waals surface area contributed by atoms with Crippen LogP contribution in [0.25, 0.3) is 0 Å². The fourth-order valence-corrected chi connectivity index (χ4v) is 2.66. The molecule has 15 heavy (non-hydrogen) atoms. The van der Waals surface area contributed by atoms with Crippen LogP contribution in [-0.4, -0.2) is 6.54 Å². The summed E-state index contributed by atoms with van der Waals surface area (Å²) in [5.74, 6) is 0. The van der Waals surface area contributed by atoms with Crippen LogP contribution in [0.3, 0.4) is 0 Å². The summed E-state index contributed by atoms with van der Waals surface area (Å²) in [5.41, 5.74) is 1.23. The van der Waals surface area contributed by atoms with Crippen molar-refractivity contribution in [2.45, 2.75) is 4.90 Å². The monoisotopic (exact) mass is 214 g/mol. The van der Waals surface area contributed by atoms with Gasteiger partial charge in [0, 0.05) is 11.4 Å². The van der Waals surface area contributed by atoms with E-state index in [0.29, 0.717) is 0 Å². The van der Waals surface area contributed by atoms with Crippen LogP contribution < -0.4 is 4.90 Å². The minimum atomic E-state index is 0.809. The van der Waals surface area contributed by atoms with Crippen LogP contribution in [0.15, 0.2) is 59.0 Å². The molecule has 2 rings (SSSR count). The first kappa shape index (κ1) is 10.1. The molecule has 0 aromatic heterocycles. The van der Waals surface area contributed by atoms with Crippen LogP contribution in [-0.2, 0) is 0 Å². The van der Waals surface area contributed by atoms with Crippen molar-refractivity contribution in [1.29, 1.82) is 0 Å². The van der Waals surface area contributed by atoms with Gasteiger partial charge >= 0.3 is 0 Å². The lowest BCUT2D eigenvalue weighted by atomic mass is 10.3. The first-order chi connectivity index (χ1) is 7.36. The smallest absolute Gasteiger partial charge is 0.0804 e. The summed E-state index contributed by atoms with van der Waals surface area (Å²) in [6.45, 7) is 10.0. The van der Waals surface area contributed by atoms with Crippen LogP contribution in [0.2, 0.25) is 0 Å². The van der Waals surface area contributed by atoms with Gasteiger partial charge in [0.1, 0.15) is 0 Å². The van der Waals surface area contributed by atoms with Crippen LogP contribution in [0.1, 0.15) is 0 Å². The van der Waals surface area contributed by atoms with Crippen molar-refractivity contribution in [3.05, 3.63) is 60.7 Å². The number of allylic oxidation sites excluding steroid dienone is 2. The van der Waals surface area contributed by atoms with Gasteiger partial charge in [-0.25, -0.2) is 0 Å². The lowest BCUT2D eigenvalue weighted by Crippen LogP contribution is -2.16. The average molecular weight is 214 g/mol. The third-order valence-corrected chi connectivity index (χ3v) is 3.32. The molecule has 0 fully saturated rings. The molecule has 0 bridgehead atoms. The van der Waals surface area contributed by atoms with Gasteiger partial charge in [-0.1, -0.05) is 42.6 Å². The largest absolute Gasteiger partial charge is 0.331 e. The molecule has 1 aliphatic heterocycles. The standard InChI is InChI=1S/C13H12NS/c1-3-7-13-14(10-4-2)11-8-5-6-9-12(11)15-13/h1,3-9H,2,10H2/b3-1?,13-7+. The normalized spacial score (nSPS) is 16.5. The molecule has 0 N–H and O–H groups in total. The molecular weight excluding hydrogens is 202 g/mol. The van der Waals surface area contributed by atoms with Gasteiger partial charge in [0.25, 0.3) is 0 Å². The average Bonchev–Trinajstić information content (AvgIpc) is 2.59. The van der Waals surface area contributed by atoms with Gasteiger partial charge in [-0.3, -0.25) is 0 Å². The van der Waals surface area contributed by atoms with Crippen molar-refractivity contribution in [3.63, 3.8) is 0 Å². The maximum Gasteiger partial charge on any atom is 0.0804 e. The number of hydrogen-bond donors (Lipinski definition) is 0. The Kier molecular flexibility index (Phi) is 2.97. The third kappa shape index (κ3) is 1.85. The van der Waals surface area contributed by atoms with Crippen LogP contribution in [0, 0.1) is 6.58 Å². The van der Waals surface area contributed by atoms with Crippen LogP contribution in [0.5, 0.6) is 0 Å². The van der Waals surface area contributed by atoms with E-state index in [0.717, 1.165) is 11.6 Å². The Hall–Kier alpha value is -1.41. The predicted molar refractivity (Wildman–Crippen MR) is 66.8 cm³/mol. The fraction of sp³-hybridized carbons (Fsp3) is 0.0769. The van der Waals surface area contributed by atoms with Gasteiger partial charge in [-0.15, -0.1) is 6.58 Å². The molecule has 1 radical (unpaired) electrons. The van der Waals surface area contributed by atoms with Crippen molar-refractivity contribution >= 4 is 17.4 Å². The Bertz CT molecular complexity index is 420. The van der Waals surface area contributed by atoms with Gasteiger partial charge in [0.2, 0.25) is 0 Å². The van der Waals surface area contributed by atoms with Crippen molar-refractivity contribution < 1.29 is 0 Å². The van der Waals surface area contributed by atoms with E-state index in [-0.39, 0.29) is 0 Å². The highest BCUT2D eigenvalue weighted by Crippen LogP contribution is 2.45. The van der Waals surface area contributed by atoms with Crippen molar-refractivity contribution in [1.82, 2.24) is 0 Å². The van der Waals surface area contributed by atoms with Gasteiger partial charge in [-0.05, 0) is 18.2 Å². The van der Waals surface area contributed by atoms with Crippen LogP contribution in [0.4, 0.5) is 5.69 Å². The number of benzene rings is 1. The van der Waals surface area contributed by atoms with Gasteiger partial charge < -0.3 is 4.90 Å². The summed E-state index contributed by atoms with van der Waals surface area (Å²) in [4.78, 5) is 3.48. The molecule has 0 atom stereocenters. The number of rotatable bonds is 3. The number of anilines is 1. The number of thioether (sulfide) groups is 1. The second-order valence-electron chi connectivity index (χ2n) is 3.17.